The molecule has 0 spiro atoms. The Labute approximate surface area is 154 Å². The summed E-state index contributed by atoms with van der Waals surface area (Å²) in [5.41, 5.74) is -1.09. The smallest absolute Gasteiger partial charge is 0.338 e. The normalized spacial score (nSPS) is 18.6. The Morgan fingerprint density at radius 1 is 1.37 bits per heavy atom. The van der Waals surface area contributed by atoms with Gasteiger partial charge >= 0.3 is 5.97 Å². The number of nitro groups is 1. The minimum atomic E-state index is -3.88. The van der Waals surface area contributed by atoms with E-state index in [4.69, 9.17) is 4.74 Å². The molecule has 1 fully saturated rings. The fraction of sp³-hybridized carbons (Fsp3) is 0.429. The van der Waals surface area contributed by atoms with E-state index in [0.717, 1.165) is 24.5 Å². The molecule has 1 aliphatic heterocycles. The molecule has 0 radical (unpaired) electrons. The van der Waals surface area contributed by atoms with Crippen molar-refractivity contribution < 1.29 is 36.1 Å². The van der Waals surface area contributed by atoms with E-state index in [1.807, 2.05) is 0 Å². The molecule has 11 nitrogen and oxygen atoms in total. The second-order valence-corrected chi connectivity index (χ2v) is 10.2. The van der Waals surface area contributed by atoms with Crippen molar-refractivity contribution in [1.29, 1.82) is 0 Å². The monoisotopic (exact) mass is 420 g/mol. The lowest BCUT2D eigenvalue weighted by molar-refractivity contribution is -0.387. The van der Waals surface area contributed by atoms with Gasteiger partial charge in [0.05, 0.1) is 22.0 Å². The van der Waals surface area contributed by atoms with Gasteiger partial charge in [-0.3, -0.25) is 14.9 Å². The number of carbonyl (C=O) groups is 2. The van der Waals surface area contributed by atoms with Crippen LogP contribution in [0.15, 0.2) is 23.1 Å². The summed E-state index contributed by atoms with van der Waals surface area (Å²) in [5.74, 6) is -2.00. The number of nitrogens with one attached hydrogen (secondary N) is 1. The molecule has 0 bridgehead atoms. The van der Waals surface area contributed by atoms with E-state index in [-0.39, 0.29) is 23.5 Å². The van der Waals surface area contributed by atoms with Crippen LogP contribution < -0.4 is 5.32 Å². The average Bonchev–Trinajstić information content (AvgIpc) is 2.89. The fourth-order valence-electron chi connectivity index (χ4n) is 2.49. The largest absolute Gasteiger partial charge is 0.452 e. The number of esters is 1. The number of rotatable bonds is 6. The van der Waals surface area contributed by atoms with E-state index in [0.29, 0.717) is 0 Å². The maximum Gasteiger partial charge on any atom is 0.338 e. The number of nitro benzene ring substituents is 1. The topological polar surface area (TPSA) is 167 Å². The van der Waals surface area contributed by atoms with Gasteiger partial charge in [0.25, 0.3) is 11.6 Å². The van der Waals surface area contributed by atoms with Crippen molar-refractivity contribution in [2.24, 2.45) is 0 Å². The van der Waals surface area contributed by atoms with Crippen molar-refractivity contribution in [3.8, 4) is 0 Å². The van der Waals surface area contributed by atoms with Crippen LogP contribution in [0.4, 0.5) is 5.69 Å². The van der Waals surface area contributed by atoms with Gasteiger partial charge in [0.2, 0.25) is 0 Å². The summed E-state index contributed by atoms with van der Waals surface area (Å²) >= 11 is 0. The van der Waals surface area contributed by atoms with Crippen LogP contribution in [0.5, 0.6) is 0 Å². The van der Waals surface area contributed by atoms with E-state index < -0.39 is 59.7 Å². The number of sulfone groups is 2. The minimum Gasteiger partial charge on any atom is -0.452 e. The molecule has 148 valence electrons. The Bertz CT molecular complexity index is 999. The lowest BCUT2D eigenvalue weighted by atomic mass is 10.2. The first-order valence-corrected chi connectivity index (χ1v) is 11.3. The van der Waals surface area contributed by atoms with Crippen LogP contribution in [0.25, 0.3) is 0 Å². The van der Waals surface area contributed by atoms with Crippen LogP contribution in [0.1, 0.15) is 16.8 Å². The molecular formula is C14H16N2O9S2. The molecule has 2 rings (SSSR count). The third-order valence-corrected chi connectivity index (χ3v) is 6.63. The van der Waals surface area contributed by atoms with Gasteiger partial charge in [0.15, 0.2) is 26.3 Å². The van der Waals surface area contributed by atoms with Crippen molar-refractivity contribution in [1.82, 2.24) is 5.32 Å². The highest BCUT2D eigenvalue weighted by Crippen LogP contribution is 2.25. The van der Waals surface area contributed by atoms with Crippen LogP contribution in [0.2, 0.25) is 0 Å². The van der Waals surface area contributed by atoms with E-state index in [9.17, 15) is 36.5 Å². The molecule has 1 aromatic rings. The zero-order valence-corrected chi connectivity index (χ0v) is 15.7. The van der Waals surface area contributed by atoms with E-state index in [1.165, 1.54) is 0 Å². The summed E-state index contributed by atoms with van der Waals surface area (Å²) in [5, 5.41) is 13.4. The second-order valence-electron chi connectivity index (χ2n) is 5.96. The Kier molecular flexibility index (Phi) is 5.85. The van der Waals surface area contributed by atoms with Crippen LogP contribution in [0.3, 0.4) is 0 Å². The van der Waals surface area contributed by atoms with Gasteiger partial charge in [-0.25, -0.2) is 21.6 Å². The molecule has 0 aliphatic carbocycles. The summed E-state index contributed by atoms with van der Waals surface area (Å²) < 4.78 is 50.5. The lowest BCUT2D eigenvalue weighted by Crippen LogP contribution is -2.38. The highest BCUT2D eigenvalue weighted by molar-refractivity contribution is 7.91. The Balaban J connectivity index is 2.03. The third-order valence-electron chi connectivity index (χ3n) is 3.72. The summed E-state index contributed by atoms with van der Waals surface area (Å²) in [6.07, 6.45) is 1.06. The Hall–Kier alpha value is -2.54. The number of nitrogens with zero attached hydrogens (tertiary/aromatic N) is 1. The number of benzene rings is 1. The van der Waals surface area contributed by atoms with Crippen LogP contribution in [-0.4, -0.2) is 64.0 Å². The SMILES string of the molecule is CS(=O)(=O)c1ccc(C(=O)OCC(=O)N[C@H]2CCS(=O)(=O)C2)cc1[N+](=O)[O-]. The second kappa shape index (κ2) is 7.60. The maximum atomic E-state index is 12.0. The number of hydrogen-bond donors (Lipinski definition) is 1. The number of ether oxygens (including phenoxy) is 1. The van der Waals surface area contributed by atoms with E-state index in [1.54, 1.807) is 0 Å². The predicted octanol–water partition coefficient (Wildman–Crippen LogP) is -0.542. The van der Waals surface area contributed by atoms with Crippen LogP contribution in [-0.2, 0) is 29.2 Å². The van der Waals surface area contributed by atoms with Crippen molar-refractivity contribution in [3.63, 3.8) is 0 Å². The summed E-state index contributed by atoms with van der Waals surface area (Å²) in [6.45, 7) is -0.711. The first-order chi connectivity index (χ1) is 12.4. The van der Waals surface area contributed by atoms with Crippen molar-refractivity contribution in [3.05, 3.63) is 33.9 Å². The van der Waals surface area contributed by atoms with Gasteiger partial charge < -0.3 is 10.1 Å². The van der Waals surface area contributed by atoms with Crippen molar-refractivity contribution in [2.75, 3.05) is 24.4 Å². The molecule has 1 amide bonds. The zero-order valence-electron chi connectivity index (χ0n) is 14.1. The maximum absolute atomic E-state index is 12.0. The standard InChI is InChI=1S/C14H16N2O9S2/c1-26(21,22)12-3-2-9(6-11(12)16(19)20)14(18)25-7-13(17)15-10-4-5-27(23,24)8-10/h2-3,6,10H,4-5,7-8H2,1H3,(H,15,17)/t10-/m0/s1. The van der Waals surface area contributed by atoms with Gasteiger partial charge in [-0.1, -0.05) is 0 Å². The molecular weight excluding hydrogens is 404 g/mol. The molecule has 1 heterocycles. The molecule has 1 N–H and O–H groups in total. The van der Waals surface area contributed by atoms with Gasteiger partial charge in [-0.15, -0.1) is 0 Å². The minimum absolute atomic E-state index is 0.0336. The molecule has 1 saturated heterocycles. The lowest BCUT2D eigenvalue weighted by Gasteiger charge is -2.11. The van der Waals surface area contributed by atoms with Gasteiger partial charge in [-0.2, -0.15) is 0 Å². The quantitative estimate of drug-likeness (QED) is 0.361. The fourth-order valence-corrected chi connectivity index (χ4v) is 5.00. The van der Waals surface area contributed by atoms with Crippen LogP contribution >= 0.6 is 0 Å². The molecule has 1 aromatic carbocycles. The van der Waals surface area contributed by atoms with Crippen LogP contribution in [0, 0.1) is 10.1 Å². The number of amides is 1. The molecule has 0 aromatic heterocycles. The molecule has 0 saturated carbocycles. The first-order valence-electron chi connectivity index (χ1n) is 7.54. The van der Waals surface area contributed by atoms with E-state index >= 15 is 0 Å². The summed E-state index contributed by atoms with van der Waals surface area (Å²) in [7, 11) is -7.06. The molecule has 0 unspecified atom stereocenters. The predicted molar refractivity (Wildman–Crippen MR) is 91.7 cm³/mol. The highest BCUT2D eigenvalue weighted by Gasteiger charge is 2.29. The Morgan fingerprint density at radius 3 is 2.56 bits per heavy atom. The van der Waals surface area contributed by atoms with E-state index in [2.05, 4.69) is 5.32 Å². The first kappa shape index (κ1) is 20.8. The molecule has 27 heavy (non-hydrogen) atoms. The Morgan fingerprint density at radius 2 is 2.04 bits per heavy atom. The van der Waals surface area contributed by atoms with Gasteiger partial charge in [0, 0.05) is 18.4 Å². The van der Waals surface area contributed by atoms with Gasteiger partial charge in [0.1, 0.15) is 4.90 Å². The summed E-state index contributed by atoms with van der Waals surface area (Å²) in [6, 6.07) is 2.14. The third kappa shape index (κ3) is 5.47. The van der Waals surface area contributed by atoms with Crippen molar-refractivity contribution >= 4 is 37.2 Å². The number of carbonyl (C=O) groups excluding carboxylic acids is 2. The van der Waals surface area contributed by atoms with Gasteiger partial charge in [-0.05, 0) is 18.6 Å². The molecule has 13 heteroatoms. The zero-order chi connectivity index (χ0) is 20.4. The average molecular weight is 420 g/mol. The number of hydrogen-bond acceptors (Lipinski definition) is 9. The molecule has 1 aliphatic rings. The highest BCUT2D eigenvalue weighted by atomic mass is 32.2. The summed E-state index contributed by atoms with van der Waals surface area (Å²) in [4.78, 5) is 33.2. The molecule has 1 atom stereocenters. The van der Waals surface area contributed by atoms with Crippen molar-refractivity contribution in [2.45, 2.75) is 17.4 Å².